The lowest BCUT2D eigenvalue weighted by Crippen LogP contribution is -2.27. The summed E-state index contributed by atoms with van der Waals surface area (Å²) < 4.78 is 18.4. The second kappa shape index (κ2) is 8.85. The molecule has 1 amide bonds. The van der Waals surface area contributed by atoms with E-state index in [1.54, 1.807) is 31.5 Å². The van der Waals surface area contributed by atoms with E-state index in [-0.39, 0.29) is 11.7 Å². The van der Waals surface area contributed by atoms with Crippen molar-refractivity contribution in [3.63, 3.8) is 0 Å². The number of amides is 1. The fraction of sp³-hybridized carbons (Fsp3) is 0.294. The first-order valence-corrected chi connectivity index (χ1v) is 7.40. The highest BCUT2D eigenvalue weighted by atomic mass is 19.1. The van der Waals surface area contributed by atoms with Gasteiger partial charge >= 0.3 is 0 Å². The highest BCUT2D eigenvalue weighted by Crippen LogP contribution is 2.10. The van der Waals surface area contributed by atoms with Gasteiger partial charge in [-0.2, -0.15) is 0 Å². The molecule has 1 heterocycles. The Morgan fingerprint density at radius 2 is 2.09 bits per heavy atom. The van der Waals surface area contributed by atoms with Gasteiger partial charge in [0.1, 0.15) is 5.82 Å². The molecule has 0 unspecified atom stereocenters. The number of carbonyl (C=O) groups excluding carboxylic acids is 1. The van der Waals surface area contributed by atoms with E-state index in [4.69, 9.17) is 4.74 Å². The molecule has 1 aromatic carbocycles. The third-order valence-electron chi connectivity index (χ3n) is 3.27. The lowest BCUT2D eigenvalue weighted by Gasteiger charge is -2.09. The molecule has 0 aliphatic rings. The smallest absolute Gasteiger partial charge is 0.253 e. The normalized spacial score (nSPS) is 10.3. The number of rotatable bonds is 8. The van der Waals surface area contributed by atoms with Crippen LogP contribution in [0.4, 0.5) is 10.1 Å². The molecule has 0 spiro atoms. The van der Waals surface area contributed by atoms with E-state index >= 15 is 0 Å². The summed E-state index contributed by atoms with van der Waals surface area (Å²) >= 11 is 0. The van der Waals surface area contributed by atoms with Crippen LogP contribution in [0, 0.1) is 5.82 Å². The Morgan fingerprint density at radius 3 is 2.87 bits per heavy atom. The van der Waals surface area contributed by atoms with Crippen LogP contribution in [0.15, 0.2) is 42.7 Å². The fourth-order valence-electron chi connectivity index (χ4n) is 2.07. The quantitative estimate of drug-likeness (QED) is 0.733. The zero-order valence-corrected chi connectivity index (χ0v) is 13.0. The van der Waals surface area contributed by atoms with Gasteiger partial charge in [-0.25, -0.2) is 4.39 Å². The molecule has 0 saturated carbocycles. The maximum absolute atomic E-state index is 13.5. The Labute approximate surface area is 134 Å². The van der Waals surface area contributed by atoms with Gasteiger partial charge in [-0.3, -0.25) is 9.78 Å². The molecule has 122 valence electrons. The number of benzene rings is 1. The number of hydrogen-bond donors (Lipinski definition) is 2. The highest BCUT2D eigenvalue weighted by molar-refractivity contribution is 5.94. The van der Waals surface area contributed by atoms with E-state index in [0.29, 0.717) is 37.2 Å². The van der Waals surface area contributed by atoms with Crippen molar-refractivity contribution in [2.24, 2.45) is 0 Å². The summed E-state index contributed by atoms with van der Waals surface area (Å²) in [7, 11) is 1.58. The number of pyridine rings is 1. The van der Waals surface area contributed by atoms with Crippen molar-refractivity contribution in [3.05, 3.63) is 59.7 Å². The molecule has 6 heteroatoms. The number of methoxy groups -OCH3 is 1. The minimum atomic E-state index is -0.210. The molecule has 0 aliphatic carbocycles. The average molecular weight is 317 g/mol. The van der Waals surface area contributed by atoms with Gasteiger partial charge < -0.3 is 15.4 Å². The highest BCUT2D eigenvalue weighted by Gasteiger charge is 2.06. The van der Waals surface area contributed by atoms with Gasteiger partial charge in [0.05, 0.1) is 17.9 Å². The third kappa shape index (κ3) is 5.34. The number of halogens is 1. The molecular weight excluding hydrogens is 297 g/mol. The Morgan fingerprint density at radius 1 is 1.26 bits per heavy atom. The monoisotopic (exact) mass is 317 g/mol. The van der Waals surface area contributed by atoms with Crippen LogP contribution in [-0.2, 0) is 11.2 Å². The minimum Gasteiger partial charge on any atom is -0.383 e. The predicted molar refractivity (Wildman–Crippen MR) is 87.0 cm³/mol. The van der Waals surface area contributed by atoms with Gasteiger partial charge in [0, 0.05) is 32.6 Å². The molecule has 23 heavy (non-hydrogen) atoms. The molecular formula is C17H20FN3O2. The first kappa shape index (κ1) is 16.9. The third-order valence-corrected chi connectivity index (χ3v) is 3.27. The zero-order valence-electron chi connectivity index (χ0n) is 13.0. The van der Waals surface area contributed by atoms with Gasteiger partial charge in [-0.05, 0) is 24.1 Å². The minimum absolute atomic E-state index is 0.202. The summed E-state index contributed by atoms with van der Waals surface area (Å²) in [5, 5.41) is 5.88. The van der Waals surface area contributed by atoms with E-state index in [2.05, 4.69) is 15.6 Å². The second-order valence-corrected chi connectivity index (χ2v) is 4.98. The Hall–Kier alpha value is -2.47. The van der Waals surface area contributed by atoms with E-state index in [1.807, 2.05) is 6.07 Å². The topological polar surface area (TPSA) is 63.2 Å². The van der Waals surface area contributed by atoms with Crippen LogP contribution in [-0.4, -0.2) is 37.7 Å². The number of nitrogens with zero attached hydrogens (tertiary/aromatic N) is 1. The molecule has 0 saturated heterocycles. The molecule has 1 aromatic heterocycles. The predicted octanol–water partition coefficient (Wildman–Crippen LogP) is 2.25. The molecule has 2 aromatic rings. The van der Waals surface area contributed by atoms with Crippen LogP contribution in [0.1, 0.15) is 15.9 Å². The Bertz CT molecular complexity index is 649. The summed E-state index contributed by atoms with van der Waals surface area (Å²) in [6.07, 6.45) is 3.69. The summed E-state index contributed by atoms with van der Waals surface area (Å²) in [6, 6.07) is 8.40. The van der Waals surface area contributed by atoms with Crippen LogP contribution in [0.5, 0.6) is 0 Å². The molecule has 5 nitrogen and oxygen atoms in total. The first-order chi connectivity index (χ1) is 11.2. The first-order valence-electron chi connectivity index (χ1n) is 7.40. The molecule has 0 aliphatic heterocycles. The number of aromatic nitrogens is 1. The average Bonchev–Trinajstić information content (AvgIpc) is 2.57. The van der Waals surface area contributed by atoms with Crippen LogP contribution >= 0.6 is 0 Å². The molecule has 0 bridgehead atoms. The van der Waals surface area contributed by atoms with Crippen molar-refractivity contribution >= 4 is 11.6 Å². The summed E-state index contributed by atoms with van der Waals surface area (Å²) in [6.45, 7) is 1.46. The molecule has 2 rings (SSSR count). The van der Waals surface area contributed by atoms with Crippen molar-refractivity contribution in [3.8, 4) is 0 Å². The fourth-order valence-corrected chi connectivity index (χ4v) is 2.07. The number of ether oxygens (including phenoxy) is 1. The lowest BCUT2D eigenvalue weighted by molar-refractivity contribution is 0.0937. The number of nitrogens with one attached hydrogen (secondary N) is 2. The van der Waals surface area contributed by atoms with Gasteiger partial charge in [0.2, 0.25) is 0 Å². The molecule has 0 atom stereocenters. The number of carbonyl (C=O) groups is 1. The van der Waals surface area contributed by atoms with E-state index in [1.165, 1.54) is 12.3 Å². The van der Waals surface area contributed by atoms with Crippen LogP contribution in [0.3, 0.4) is 0 Å². The van der Waals surface area contributed by atoms with Crippen molar-refractivity contribution in [1.29, 1.82) is 0 Å². The molecule has 2 N–H and O–H groups in total. The largest absolute Gasteiger partial charge is 0.383 e. The van der Waals surface area contributed by atoms with E-state index < -0.39 is 0 Å². The number of hydrogen-bond acceptors (Lipinski definition) is 4. The lowest BCUT2D eigenvalue weighted by atomic mass is 10.1. The summed E-state index contributed by atoms with van der Waals surface area (Å²) in [4.78, 5) is 16.0. The van der Waals surface area contributed by atoms with E-state index in [0.717, 1.165) is 5.69 Å². The molecule has 0 fully saturated rings. The molecule has 0 radical (unpaired) electrons. The SMILES string of the molecule is COCCNC(=O)c1cncc(NCCc2ccccc2F)c1. The van der Waals surface area contributed by atoms with Crippen LogP contribution in [0.2, 0.25) is 0 Å². The van der Waals surface area contributed by atoms with Gasteiger partial charge in [-0.1, -0.05) is 18.2 Å². The van der Waals surface area contributed by atoms with Crippen molar-refractivity contribution in [1.82, 2.24) is 10.3 Å². The standard InChI is InChI=1S/C17H20FN3O2/c1-23-9-8-21-17(22)14-10-15(12-19-11-14)20-7-6-13-4-2-3-5-16(13)18/h2-5,10-12,20H,6-9H2,1H3,(H,21,22). The Balaban J connectivity index is 1.87. The summed E-state index contributed by atoms with van der Waals surface area (Å²) in [5.74, 6) is -0.411. The maximum atomic E-state index is 13.5. The van der Waals surface area contributed by atoms with Crippen molar-refractivity contribution in [2.75, 3.05) is 32.1 Å². The van der Waals surface area contributed by atoms with E-state index in [9.17, 15) is 9.18 Å². The Kier molecular flexibility index (Phi) is 6.50. The van der Waals surface area contributed by atoms with Crippen LogP contribution < -0.4 is 10.6 Å². The maximum Gasteiger partial charge on any atom is 0.253 e. The van der Waals surface area contributed by atoms with Gasteiger partial charge in [0.25, 0.3) is 5.91 Å². The second-order valence-electron chi connectivity index (χ2n) is 4.98. The number of anilines is 1. The van der Waals surface area contributed by atoms with Crippen molar-refractivity contribution in [2.45, 2.75) is 6.42 Å². The zero-order chi connectivity index (χ0) is 16.5. The summed E-state index contributed by atoms with van der Waals surface area (Å²) in [5.41, 5.74) is 1.85. The van der Waals surface area contributed by atoms with Crippen molar-refractivity contribution < 1.29 is 13.9 Å². The van der Waals surface area contributed by atoms with Crippen LogP contribution in [0.25, 0.3) is 0 Å². The van der Waals surface area contributed by atoms with Gasteiger partial charge in [-0.15, -0.1) is 0 Å². The van der Waals surface area contributed by atoms with Gasteiger partial charge in [0.15, 0.2) is 0 Å².